The Hall–Kier alpha value is -3.49. The van der Waals surface area contributed by atoms with Gasteiger partial charge in [-0.2, -0.15) is 5.10 Å². The zero-order chi connectivity index (χ0) is 24.6. The van der Waals surface area contributed by atoms with Crippen LogP contribution in [0, 0.1) is 0 Å². The number of hydrogen-bond acceptors (Lipinski definition) is 6. The Labute approximate surface area is 211 Å². The molecule has 0 radical (unpaired) electrons. The average Bonchev–Trinajstić information content (AvgIpc) is 3.50. The minimum Gasteiger partial charge on any atom is -0.384 e. The molecule has 0 amide bonds. The predicted octanol–water partition coefficient (Wildman–Crippen LogP) is 4.82. The van der Waals surface area contributed by atoms with E-state index in [2.05, 4.69) is 10.2 Å². The van der Waals surface area contributed by atoms with Crippen molar-refractivity contribution in [3.63, 3.8) is 0 Å². The summed E-state index contributed by atoms with van der Waals surface area (Å²) in [7, 11) is 0. The van der Waals surface area contributed by atoms with E-state index in [1.54, 1.807) is 6.20 Å². The molecule has 0 spiro atoms. The Morgan fingerprint density at radius 1 is 0.722 bits per heavy atom. The van der Waals surface area contributed by atoms with Crippen LogP contribution in [0.1, 0.15) is 28.4 Å². The van der Waals surface area contributed by atoms with Gasteiger partial charge in [-0.25, -0.2) is 0 Å². The first-order valence-corrected chi connectivity index (χ1v) is 12.1. The summed E-state index contributed by atoms with van der Waals surface area (Å²) >= 11 is 0. The fourth-order valence-electron chi connectivity index (χ4n) is 4.43. The molecule has 5 rings (SSSR count). The van der Waals surface area contributed by atoms with Gasteiger partial charge in [-0.1, -0.05) is 91.0 Å². The van der Waals surface area contributed by atoms with Crippen LogP contribution in [0.5, 0.6) is 0 Å². The van der Waals surface area contributed by atoms with Crippen LogP contribution < -0.4 is 5.73 Å². The molecular weight excluding hydrogens is 454 g/mol. The van der Waals surface area contributed by atoms with Crippen molar-refractivity contribution < 1.29 is 18.9 Å². The number of hydrogen-bond donors (Lipinski definition) is 2. The topological polar surface area (TPSA) is 91.6 Å². The summed E-state index contributed by atoms with van der Waals surface area (Å²) in [4.78, 5) is 0. The molecule has 1 aromatic heterocycles. The highest BCUT2D eigenvalue weighted by molar-refractivity contribution is 5.40. The van der Waals surface area contributed by atoms with Crippen LogP contribution in [0.4, 0.5) is 5.82 Å². The summed E-state index contributed by atoms with van der Waals surface area (Å²) < 4.78 is 25.5. The van der Waals surface area contributed by atoms with Crippen LogP contribution in [0.15, 0.2) is 97.2 Å². The fraction of sp³-hybridized carbons (Fsp3) is 0.276. The van der Waals surface area contributed by atoms with Gasteiger partial charge in [-0.3, -0.25) is 5.10 Å². The Morgan fingerprint density at radius 2 is 1.25 bits per heavy atom. The number of aromatic amines is 1. The van der Waals surface area contributed by atoms with Crippen molar-refractivity contribution in [2.75, 3.05) is 12.3 Å². The second kappa shape index (κ2) is 12.0. The molecule has 1 aliphatic rings. The van der Waals surface area contributed by atoms with Gasteiger partial charge in [-0.15, -0.1) is 0 Å². The van der Waals surface area contributed by atoms with E-state index in [1.807, 2.05) is 91.0 Å². The molecule has 1 aliphatic heterocycles. The Balaban J connectivity index is 1.36. The quantitative estimate of drug-likeness (QED) is 0.317. The SMILES string of the molecule is Nc1[nH]ncc1[C@@H]1O[C@H](COCc2ccccc2)[C@H](OCc2ccccc2)[C@H]1OCc1ccccc1. The number of ether oxygens (including phenoxy) is 4. The normalized spacial score (nSPS) is 21.6. The lowest BCUT2D eigenvalue weighted by Crippen LogP contribution is -2.37. The van der Waals surface area contributed by atoms with Gasteiger partial charge in [0.15, 0.2) is 0 Å². The number of rotatable bonds is 11. The molecule has 0 aliphatic carbocycles. The van der Waals surface area contributed by atoms with Crippen LogP contribution in [0.3, 0.4) is 0 Å². The van der Waals surface area contributed by atoms with Crippen molar-refractivity contribution in [1.29, 1.82) is 0 Å². The first kappa shape index (κ1) is 24.2. The summed E-state index contributed by atoms with van der Waals surface area (Å²) in [5.74, 6) is 0.459. The van der Waals surface area contributed by atoms with Crippen molar-refractivity contribution >= 4 is 5.82 Å². The lowest BCUT2D eigenvalue weighted by molar-refractivity contribution is -0.0898. The monoisotopic (exact) mass is 485 g/mol. The highest BCUT2D eigenvalue weighted by atomic mass is 16.6. The van der Waals surface area contributed by atoms with Gasteiger partial charge in [0.2, 0.25) is 0 Å². The smallest absolute Gasteiger partial charge is 0.124 e. The number of nitrogens with zero attached hydrogens (tertiary/aromatic N) is 1. The van der Waals surface area contributed by atoms with Crippen LogP contribution in [0.25, 0.3) is 0 Å². The summed E-state index contributed by atoms with van der Waals surface area (Å²) in [6.07, 6.45) is 0.125. The van der Waals surface area contributed by atoms with E-state index < -0.39 is 12.2 Å². The van der Waals surface area contributed by atoms with Crippen molar-refractivity contribution in [2.45, 2.75) is 44.2 Å². The number of H-pyrrole nitrogens is 1. The maximum Gasteiger partial charge on any atom is 0.124 e. The van der Waals surface area contributed by atoms with Gasteiger partial charge in [-0.05, 0) is 16.7 Å². The van der Waals surface area contributed by atoms with E-state index >= 15 is 0 Å². The summed E-state index contributed by atoms with van der Waals surface area (Å²) in [5.41, 5.74) is 10.2. The fourth-order valence-corrected chi connectivity index (χ4v) is 4.43. The van der Waals surface area contributed by atoms with Crippen LogP contribution in [0.2, 0.25) is 0 Å². The van der Waals surface area contributed by atoms with Gasteiger partial charge < -0.3 is 24.7 Å². The molecule has 4 atom stereocenters. The molecular formula is C29H31N3O4. The molecule has 7 nitrogen and oxygen atoms in total. The zero-order valence-electron chi connectivity index (χ0n) is 20.0. The van der Waals surface area contributed by atoms with E-state index in [4.69, 9.17) is 24.7 Å². The number of nitrogens with two attached hydrogens (primary N) is 1. The van der Waals surface area contributed by atoms with Crippen LogP contribution in [-0.2, 0) is 38.8 Å². The molecule has 3 aromatic carbocycles. The second-order valence-electron chi connectivity index (χ2n) is 8.86. The molecule has 4 aromatic rings. The molecule has 1 fully saturated rings. The van der Waals surface area contributed by atoms with E-state index in [0.29, 0.717) is 32.2 Å². The maximum absolute atomic E-state index is 6.51. The molecule has 0 bridgehead atoms. The van der Waals surface area contributed by atoms with Gasteiger partial charge in [0.1, 0.15) is 30.2 Å². The number of nitrogens with one attached hydrogen (secondary N) is 1. The third-order valence-electron chi connectivity index (χ3n) is 6.28. The number of nitrogen functional groups attached to an aromatic ring is 1. The minimum atomic E-state index is -0.446. The van der Waals surface area contributed by atoms with Gasteiger partial charge >= 0.3 is 0 Å². The van der Waals surface area contributed by atoms with Gasteiger partial charge in [0.05, 0.1) is 32.6 Å². The lowest BCUT2D eigenvalue weighted by Gasteiger charge is -2.25. The highest BCUT2D eigenvalue weighted by Gasteiger charge is 2.48. The van der Waals surface area contributed by atoms with Gasteiger partial charge in [0.25, 0.3) is 0 Å². The number of aromatic nitrogens is 2. The second-order valence-corrected chi connectivity index (χ2v) is 8.86. The third-order valence-corrected chi connectivity index (χ3v) is 6.28. The Bertz CT molecular complexity index is 1190. The summed E-state index contributed by atoms with van der Waals surface area (Å²) in [6.45, 7) is 1.70. The molecule has 7 heteroatoms. The number of benzene rings is 3. The molecule has 0 saturated carbocycles. The predicted molar refractivity (Wildman–Crippen MR) is 137 cm³/mol. The van der Waals surface area contributed by atoms with E-state index in [-0.39, 0.29) is 12.2 Å². The first-order chi connectivity index (χ1) is 17.8. The lowest BCUT2D eigenvalue weighted by atomic mass is 10.0. The molecule has 0 unspecified atom stereocenters. The molecule has 186 valence electrons. The Kier molecular flexibility index (Phi) is 8.05. The van der Waals surface area contributed by atoms with Gasteiger partial charge in [0, 0.05) is 5.56 Å². The van der Waals surface area contributed by atoms with Crippen LogP contribution in [-0.4, -0.2) is 35.1 Å². The van der Waals surface area contributed by atoms with Crippen molar-refractivity contribution in [3.8, 4) is 0 Å². The molecule has 36 heavy (non-hydrogen) atoms. The zero-order valence-corrected chi connectivity index (χ0v) is 20.0. The molecule has 2 heterocycles. The average molecular weight is 486 g/mol. The summed E-state index contributed by atoms with van der Waals surface area (Å²) in [6, 6.07) is 30.2. The largest absolute Gasteiger partial charge is 0.384 e. The highest BCUT2D eigenvalue weighted by Crippen LogP contribution is 2.40. The van der Waals surface area contributed by atoms with Crippen molar-refractivity contribution in [3.05, 3.63) is 119 Å². The first-order valence-electron chi connectivity index (χ1n) is 12.1. The summed E-state index contributed by atoms with van der Waals surface area (Å²) in [5, 5.41) is 6.92. The number of anilines is 1. The van der Waals surface area contributed by atoms with Crippen molar-refractivity contribution in [2.24, 2.45) is 0 Å². The standard InChI is InChI=1S/C29H31N3O4/c30-29-24(16-31-32-29)26-28(35-19-23-14-8-3-9-15-23)27(34-18-22-12-6-2-7-13-22)25(36-26)20-33-17-21-10-4-1-5-11-21/h1-16,25-28H,17-20H2,(H3,30,31,32)/t25-,26+,27+,28+/m1/s1. The van der Waals surface area contributed by atoms with E-state index in [1.165, 1.54) is 0 Å². The molecule has 3 N–H and O–H groups in total. The Morgan fingerprint density at radius 3 is 1.78 bits per heavy atom. The molecule has 1 saturated heterocycles. The van der Waals surface area contributed by atoms with Crippen LogP contribution >= 0.6 is 0 Å². The van der Waals surface area contributed by atoms with E-state index in [0.717, 1.165) is 22.3 Å². The maximum atomic E-state index is 6.51. The third kappa shape index (κ3) is 6.01. The minimum absolute atomic E-state index is 0.350. The van der Waals surface area contributed by atoms with E-state index in [9.17, 15) is 0 Å². The van der Waals surface area contributed by atoms with Crippen molar-refractivity contribution in [1.82, 2.24) is 10.2 Å².